The Morgan fingerprint density at radius 3 is 1.77 bits per heavy atom. The van der Waals surface area contributed by atoms with Crippen LogP contribution in [0.4, 0.5) is 17.1 Å². The molecule has 0 amide bonds. The molecule has 0 aliphatic heterocycles. The smallest absolute Gasteiger partial charge is 0.318 e. The standard InChI is InChI=1S/C12H7N3O7/c16-12-10(7-1-3-8(4-2-7)13(17)18)5-9(14(19)20)6-11(12)15(21)22/h1-6,16H. The molecule has 22 heavy (non-hydrogen) atoms. The lowest BCUT2D eigenvalue weighted by Gasteiger charge is -2.05. The molecule has 10 nitrogen and oxygen atoms in total. The number of phenols is 1. The second-order valence-electron chi connectivity index (χ2n) is 4.18. The van der Waals surface area contributed by atoms with E-state index in [2.05, 4.69) is 0 Å². The van der Waals surface area contributed by atoms with Crippen LogP contribution in [0.5, 0.6) is 5.75 Å². The van der Waals surface area contributed by atoms with Crippen molar-refractivity contribution in [3.05, 3.63) is 66.7 Å². The van der Waals surface area contributed by atoms with Gasteiger partial charge in [0.1, 0.15) is 0 Å². The third kappa shape index (κ3) is 2.65. The molecule has 0 saturated heterocycles. The topological polar surface area (TPSA) is 150 Å². The van der Waals surface area contributed by atoms with Crippen LogP contribution in [0.25, 0.3) is 11.1 Å². The summed E-state index contributed by atoms with van der Waals surface area (Å²) < 4.78 is 0. The van der Waals surface area contributed by atoms with E-state index < -0.39 is 31.9 Å². The summed E-state index contributed by atoms with van der Waals surface area (Å²) >= 11 is 0. The molecule has 0 aromatic heterocycles. The van der Waals surface area contributed by atoms with Gasteiger partial charge in [0.05, 0.1) is 20.8 Å². The number of nitro benzene ring substituents is 3. The Morgan fingerprint density at radius 2 is 1.32 bits per heavy atom. The van der Waals surface area contributed by atoms with Crippen molar-refractivity contribution in [3.8, 4) is 16.9 Å². The quantitative estimate of drug-likeness (QED) is 0.673. The fraction of sp³-hybridized carbons (Fsp3) is 0. The molecule has 0 atom stereocenters. The molecule has 0 radical (unpaired) electrons. The van der Waals surface area contributed by atoms with Gasteiger partial charge in [-0.2, -0.15) is 0 Å². The zero-order chi connectivity index (χ0) is 16.4. The van der Waals surface area contributed by atoms with E-state index in [0.29, 0.717) is 6.07 Å². The summed E-state index contributed by atoms with van der Waals surface area (Å²) in [6.45, 7) is 0. The molecular weight excluding hydrogens is 298 g/mol. The first kappa shape index (κ1) is 14.8. The van der Waals surface area contributed by atoms with Crippen molar-refractivity contribution in [2.45, 2.75) is 0 Å². The predicted molar refractivity (Wildman–Crippen MR) is 73.5 cm³/mol. The number of aromatic hydroxyl groups is 1. The maximum absolute atomic E-state index is 10.9. The predicted octanol–water partition coefficient (Wildman–Crippen LogP) is 2.78. The highest BCUT2D eigenvalue weighted by Crippen LogP contribution is 2.40. The van der Waals surface area contributed by atoms with Crippen LogP contribution in [-0.4, -0.2) is 19.9 Å². The highest BCUT2D eigenvalue weighted by Gasteiger charge is 2.24. The van der Waals surface area contributed by atoms with Gasteiger partial charge in [-0.25, -0.2) is 0 Å². The lowest BCUT2D eigenvalue weighted by Crippen LogP contribution is -1.95. The molecule has 2 rings (SSSR count). The van der Waals surface area contributed by atoms with E-state index in [1.54, 1.807) is 0 Å². The molecule has 112 valence electrons. The van der Waals surface area contributed by atoms with Crippen molar-refractivity contribution in [3.63, 3.8) is 0 Å². The van der Waals surface area contributed by atoms with Gasteiger partial charge in [-0.1, -0.05) is 0 Å². The Kier molecular flexibility index (Phi) is 3.67. The minimum atomic E-state index is -0.947. The molecule has 0 heterocycles. The number of hydrogen-bond acceptors (Lipinski definition) is 7. The Morgan fingerprint density at radius 1 is 0.773 bits per heavy atom. The Balaban J connectivity index is 2.65. The first-order valence-corrected chi connectivity index (χ1v) is 5.72. The molecule has 0 unspecified atom stereocenters. The van der Waals surface area contributed by atoms with Gasteiger partial charge < -0.3 is 5.11 Å². The fourth-order valence-corrected chi connectivity index (χ4v) is 1.83. The van der Waals surface area contributed by atoms with E-state index in [0.717, 1.165) is 18.2 Å². The summed E-state index contributed by atoms with van der Waals surface area (Å²) in [4.78, 5) is 29.8. The van der Waals surface area contributed by atoms with Gasteiger partial charge in [0.25, 0.3) is 11.4 Å². The van der Waals surface area contributed by atoms with Gasteiger partial charge in [-0.05, 0) is 17.7 Å². The van der Waals surface area contributed by atoms with Gasteiger partial charge in [-0.15, -0.1) is 0 Å². The summed E-state index contributed by atoms with van der Waals surface area (Å²) in [5, 5.41) is 42.2. The zero-order valence-electron chi connectivity index (χ0n) is 10.7. The second-order valence-corrected chi connectivity index (χ2v) is 4.18. The maximum atomic E-state index is 10.9. The van der Waals surface area contributed by atoms with Gasteiger partial charge in [0.2, 0.25) is 5.75 Å². The molecule has 0 spiro atoms. The lowest BCUT2D eigenvalue weighted by atomic mass is 10.0. The summed E-state index contributed by atoms with van der Waals surface area (Å²) in [6, 6.07) is 6.33. The monoisotopic (exact) mass is 305 g/mol. The minimum Gasteiger partial charge on any atom is -0.502 e. The number of hydrogen-bond donors (Lipinski definition) is 1. The van der Waals surface area contributed by atoms with Crippen molar-refractivity contribution in [1.82, 2.24) is 0 Å². The largest absolute Gasteiger partial charge is 0.502 e. The number of nitro groups is 3. The number of rotatable bonds is 4. The molecule has 0 bridgehead atoms. The Labute approximate surface area is 121 Å². The van der Waals surface area contributed by atoms with Crippen molar-refractivity contribution < 1.29 is 19.9 Å². The third-order valence-corrected chi connectivity index (χ3v) is 2.87. The summed E-state index contributed by atoms with van der Waals surface area (Å²) in [5.74, 6) is -0.746. The van der Waals surface area contributed by atoms with E-state index in [1.807, 2.05) is 0 Å². The molecule has 0 aliphatic carbocycles. The lowest BCUT2D eigenvalue weighted by molar-refractivity contribution is -0.394. The highest BCUT2D eigenvalue weighted by molar-refractivity contribution is 5.78. The van der Waals surface area contributed by atoms with Gasteiger partial charge in [0.15, 0.2) is 0 Å². The van der Waals surface area contributed by atoms with E-state index in [1.165, 1.54) is 12.1 Å². The first-order chi connectivity index (χ1) is 10.3. The summed E-state index contributed by atoms with van der Waals surface area (Å²) in [7, 11) is 0. The van der Waals surface area contributed by atoms with Crippen LogP contribution in [0, 0.1) is 30.3 Å². The molecule has 2 aromatic rings. The van der Waals surface area contributed by atoms with Crippen LogP contribution in [0.2, 0.25) is 0 Å². The first-order valence-electron chi connectivity index (χ1n) is 5.72. The number of phenolic OH excluding ortho intramolecular Hbond substituents is 1. The minimum absolute atomic E-state index is 0.157. The van der Waals surface area contributed by atoms with E-state index in [4.69, 9.17) is 0 Å². The van der Waals surface area contributed by atoms with Gasteiger partial charge in [-0.3, -0.25) is 30.3 Å². The van der Waals surface area contributed by atoms with E-state index in [9.17, 15) is 35.4 Å². The van der Waals surface area contributed by atoms with Gasteiger partial charge >= 0.3 is 5.69 Å². The van der Waals surface area contributed by atoms with Crippen molar-refractivity contribution in [1.29, 1.82) is 0 Å². The van der Waals surface area contributed by atoms with Crippen molar-refractivity contribution in [2.75, 3.05) is 0 Å². The van der Waals surface area contributed by atoms with Crippen LogP contribution >= 0.6 is 0 Å². The molecule has 10 heteroatoms. The van der Waals surface area contributed by atoms with Crippen LogP contribution in [-0.2, 0) is 0 Å². The molecule has 0 saturated carbocycles. The van der Waals surface area contributed by atoms with Gasteiger partial charge in [0, 0.05) is 23.8 Å². The number of nitrogens with zero attached hydrogens (tertiary/aromatic N) is 3. The molecule has 0 aliphatic rings. The average molecular weight is 305 g/mol. The average Bonchev–Trinajstić information content (AvgIpc) is 2.47. The molecule has 2 aromatic carbocycles. The molecule has 1 N–H and O–H groups in total. The third-order valence-electron chi connectivity index (χ3n) is 2.87. The fourth-order valence-electron chi connectivity index (χ4n) is 1.83. The van der Waals surface area contributed by atoms with Crippen LogP contribution in [0.15, 0.2) is 36.4 Å². The summed E-state index contributed by atoms with van der Waals surface area (Å²) in [6.07, 6.45) is 0. The number of benzene rings is 2. The zero-order valence-corrected chi connectivity index (χ0v) is 10.7. The normalized spacial score (nSPS) is 10.2. The van der Waals surface area contributed by atoms with Crippen LogP contribution < -0.4 is 0 Å². The van der Waals surface area contributed by atoms with Crippen LogP contribution in [0.1, 0.15) is 0 Å². The Bertz CT molecular complexity index is 786. The Hall–Kier alpha value is -3.56. The maximum Gasteiger partial charge on any atom is 0.318 e. The number of non-ortho nitro benzene ring substituents is 2. The van der Waals surface area contributed by atoms with E-state index in [-0.39, 0.29) is 16.8 Å². The second kappa shape index (κ2) is 5.44. The SMILES string of the molecule is O=[N+]([O-])c1ccc(-c2cc([N+](=O)[O-])cc([N+](=O)[O-])c2O)cc1. The van der Waals surface area contributed by atoms with Crippen LogP contribution in [0.3, 0.4) is 0 Å². The summed E-state index contributed by atoms with van der Waals surface area (Å²) in [5.41, 5.74) is -1.59. The molecular formula is C12H7N3O7. The molecule has 0 fully saturated rings. The highest BCUT2D eigenvalue weighted by atomic mass is 16.6. The van der Waals surface area contributed by atoms with E-state index >= 15 is 0 Å². The van der Waals surface area contributed by atoms with Crippen molar-refractivity contribution in [2.24, 2.45) is 0 Å². The van der Waals surface area contributed by atoms with Crippen molar-refractivity contribution >= 4 is 17.1 Å².